The minimum atomic E-state index is -0.448. The maximum Gasteiger partial charge on any atom is 0.279 e. The SMILES string of the molecule is COc1ccc(OC)c(C2CC(=O)Nc3c2c(=O)nc(SC)n3C)c1. The van der Waals surface area contributed by atoms with Crippen molar-refractivity contribution >= 4 is 23.5 Å². The maximum atomic E-state index is 12.7. The van der Waals surface area contributed by atoms with E-state index in [1.165, 1.54) is 11.8 Å². The van der Waals surface area contributed by atoms with Gasteiger partial charge in [-0.25, -0.2) is 0 Å². The summed E-state index contributed by atoms with van der Waals surface area (Å²) in [7, 11) is 4.91. The van der Waals surface area contributed by atoms with Crippen LogP contribution >= 0.6 is 11.8 Å². The average molecular weight is 361 g/mol. The lowest BCUT2D eigenvalue weighted by Gasteiger charge is -2.28. The Balaban J connectivity index is 2.26. The molecule has 0 aliphatic carbocycles. The van der Waals surface area contributed by atoms with Gasteiger partial charge in [-0.05, 0) is 24.5 Å². The number of carbonyl (C=O) groups excluding carboxylic acids is 1. The number of carbonyl (C=O) groups is 1. The molecule has 0 saturated heterocycles. The van der Waals surface area contributed by atoms with Gasteiger partial charge in [-0.15, -0.1) is 0 Å². The van der Waals surface area contributed by atoms with Crippen LogP contribution in [0.5, 0.6) is 11.5 Å². The second kappa shape index (κ2) is 6.79. The number of hydrogen-bond donors (Lipinski definition) is 1. The molecule has 1 aliphatic heterocycles. The highest BCUT2D eigenvalue weighted by molar-refractivity contribution is 7.98. The number of rotatable bonds is 4. The van der Waals surface area contributed by atoms with Gasteiger partial charge in [-0.2, -0.15) is 4.98 Å². The number of nitrogens with zero attached hydrogens (tertiary/aromatic N) is 2. The number of thioether (sulfide) groups is 1. The van der Waals surface area contributed by atoms with E-state index in [1.54, 1.807) is 44.0 Å². The van der Waals surface area contributed by atoms with E-state index in [0.717, 1.165) is 5.56 Å². The van der Waals surface area contributed by atoms with Crippen molar-refractivity contribution in [2.75, 3.05) is 25.8 Å². The van der Waals surface area contributed by atoms with Crippen molar-refractivity contribution in [2.45, 2.75) is 17.5 Å². The molecule has 25 heavy (non-hydrogen) atoms. The predicted octanol–water partition coefficient (Wildman–Crippen LogP) is 1.99. The lowest BCUT2D eigenvalue weighted by molar-refractivity contribution is -0.116. The Morgan fingerprint density at radius 1 is 1.28 bits per heavy atom. The second-order valence-electron chi connectivity index (χ2n) is 5.64. The number of benzene rings is 1. The molecular formula is C17H19N3O4S. The first-order chi connectivity index (χ1) is 12.0. The third kappa shape index (κ3) is 2.97. The second-order valence-corrected chi connectivity index (χ2v) is 6.41. The van der Waals surface area contributed by atoms with Crippen molar-refractivity contribution in [3.05, 3.63) is 39.7 Å². The van der Waals surface area contributed by atoms with Crippen molar-refractivity contribution in [2.24, 2.45) is 7.05 Å². The van der Waals surface area contributed by atoms with Crippen LogP contribution in [-0.4, -0.2) is 35.9 Å². The predicted molar refractivity (Wildman–Crippen MR) is 95.9 cm³/mol. The largest absolute Gasteiger partial charge is 0.497 e. The summed E-state index contributed by atoms with van der Waals surface area (Å²) >= 11 is 1.35. The van der Waals surface area contributed by atoms with Gasteiger partial charge in [0, 0.05) is 24.9 Å². The first-order valence-electron chi connectivity index (χ1n) is 7.66. The van der Waals surface area contributed by atoms with Crippen molar-refractivity contribution in [1.29, 1.82) is 0 Å². The molecule has 0 bridgehead atoms. The molecule has 7 nitrogen and oxygen atoms in total. The molecule has 1 amide bonds. The molecule has 0 saturated carbocycles. The van der Waals surface area contributed by atoms with Crippen LogP contribution in [0.25, 0.3) is 0 Å². The number of hydrogen-bond acceptors (Lipinski definition) is 6. The topological polar surface area (TPSA) is 82.4 Å². The molecule has 0 spiro atoms. The summed E-state index contributed by atoms with van der Waals surface area (Å²) in [4.78, 5) is 29.1. The fourth-order valence-corrected chi connectivity index (χ4v) is 3.63. The van der Waals surface area contributed by atoms with Gasteiger partial charge in [-0.3, -0.25) is 9.59 Å². The summed E-state index contributed by atoms with van der Waals surface area (Å²) in [5.41, 5.74) is 0.854. The Bertz CT molecular complexity index is 894. The zero-order chi connectivity index (χ0) is 18.1. The van der Waals surface area contributed by atoms with E-state index >= 15 is 0 Å². The third-order valence-electron chi connectivity index (χ3n) is 4.30. The van der Waals surface area contributed by atoms with Gasteiger partial charge in [0.05, 0.1) is 19.8 Å². The molecule has 2 aromatic rings. The van der Waals surface area contributed by atoms with E-state index in [2.05, 4.69) is 10.3 Å². The molecule has 1 aromatic carbocycles. The molecule has 2 heterocycles. The van der Waals surface area contributed by atoms with Crippen LogP contribution in [0.3, 0.4) is 0 Å². The fourth-order valence-electron chi connectivity index (χ4n) is 3.10. The summed E-state index contributed by atoms with van der Waals surface area (Å²) in [5.74, 6) is 1.11. The number of ether oxygens (including phenoxy) is 2. The zero-order valence-corrected chi connectivity index (χ0v) is 15.3. The average Bonchev–Trinajstić information content (AvgIpc) is 2.63. The number of fused-ring (bicyclic) bond motifs is 1. The van der Waals surface area contributed by atoms with Crippen molar-refractivity contribution < 1.29 is 14.3 Å². The van der Waals surface area contributed by atoms with Gasteiger partial charge in [-0.1, -0.05) is 11.8 Å². The van der Waals surface area contributed by atoms with E-state index in [-0.39, 0.29) is 17.9 Å². The molecule has 1 N–H and O–H groups in total. The maximum absolute atomic E-state index is 12.7. The van der Waals surface area contributed by atoms with E-state index in [4.69, 9.17) is 9.47 Å². The van der Waals surface area contributed by atoms with Gasteiger partial charge >= 0.3 is 0 Å². The third-order valence-corrected chi connectivity index (χ3v) is 5.03. The lowest BCUT2D eigenvalue weighted by atomic mass is 9.86. The zero-order valence-electron chi connectivity index (χ0n) is 14.5. The standard InChI is InChI=1S/C17H19N3O4S/c1-20-15-14(16(22)19-17(20)25-4)11(8-13(21)18-15)10-7-9(23-2)5-6-12(10)24-3/h5-7,11H,8H2,1-4H3,(H,18,21). The van der Waals surface area contributed by atoms with E-state index in [1.807, 2.05) is 6.26 Å². The van der Waals surface area contributed by atoms with Crippen molar-refractivity contribution in [3.63, 3.8) is 0 Å². The highest BCUT2D eigenvalue weighted by Gasteiger charge is 2.33. The van der Waals surface area contributed by atoms with Crippen LogP contribution < -0.4 is 20.3 Å². The first-order valence-corrected chi connectivity index (χ1v) is 8.89. The number of nitrogens with one attached hydrogen (secondary N) is 1. The van der Waals surface area contributed by atoms with Crippen LogP contribution in [0.1, 0.15) is 23.5 Å². The van der Waals surface area contributed by atoms with Crippen LogP contribution in [0.15, 0.2) is 28.2 Å². The summed E-state index contributed by atoms with van der Waals surface area (Å²) in [6.07, 6.45) is 1.98. The minimum Gasteiger partial charge on any atom is -0.497 e. The van der Waals surface area contributed by atoms with Gasteiger partial charge < -0.3 is 19.4 Å². The molecule has 3 rings (SSSR count). The molecule has 8 heteroatoms. The quantitative estimate of drug-likeness (QED) is 0.662. The molecule has 1 atom stereocenters. The molecule has 0 fully saturated rings. The van der Waals surface area contributed by atoms with Crippen LogP contribution in [0.2, 0.25) is 0 Å². The fraction of sp³-hybridized carbons (Fsp3) is 0.353. The molecule has 1 aromatic heterocycles. The number of amides is 1. The number of anilines is 1. The Labute approximate surface area is 149 Å². The van der Waals surface area contributed by atoms with Gasteiger partial charge in [0.15, 0.2) is 5.16 Å². The van der Waals surface area contributed by atoms with Crippen molar-refractivity contribution in [1.82, 2.24) is 9.55 Å². The van der Waals surface area contributed by atoms with E-state index in [9.17, 15) is 9.59 Å². The van der Waals surface area contributed by atoms with Crippen LogP contribution in [-0.2, 0) is 11.8 Å². The van der Waals surface area contributed by atoms with Crippen LogP contribution in [0, 0.1) is 0 Å². The molecule has 0 radical (unpaired) electrons. The van der Waals surface area contributed by atoms with Crippen LogP contribution in [0.4, 0.5) is 5.82 Å². The molecule has 1 unspecified atom stereocenters. The highest BCUT2D eigenvalue weighted by Crippen LogP contribution is 2.40. The monoisotopic (exact) mass is 361 g/mol. The number of aromatic nitrogens is 2. The minimum absolute atomic E-state index is 0.145. The molecular weight excluding hydrogens is 342 g/mol. The Morgan fingerprint density at radius 3 is 2.68 bits per heavy atom. The summed E-state index contributed by atoms with van der Waals surface area (Å²) in [6, 6.07) is 5.35. The summed E-state index contributed by atoms with van der Waals surface area (Å²) in [5, 5.41) is 3.35. The van der Waals surface area contributed by atoms with Gasteiger partial charge in [0.1, 0.15) is 17.3 Å². The molecule has 132 valence electrons. The smallest absolute Gasteiger partial charge is 0.279 e. The lowest BCUT2D eigenvalue weighted by Crippen LogP contribution is -2.33. The Kier molecular flexibility index (Phi) is 4.71. The first kappa shape index (κ1) is 17.3. The van der Waals surface area contributed by atoms with Gasteiger partial charge in [0.25, 0.3) is 5.56 Å². The van der Waals surface area contributed by atoms with E-state index in [0.29, 0.717) is 28.0 Å². The van der Waals surface area contributed by atoms with Gasteiger partial charge in [0.2, 0.25) is 5.91 Å². The summed E-state index contributed by atoms with van der Waals surface area (Å²) in [6.45, 7) is 0. The summed E-state index contributed by atoms with van der Waals surface area (Å²) < 4.78 is 12.5. The molecule has 1 aliphatic rings. The highest BCUT2D eigenvalue weighted by atomic mass is 32.2. The Hall–Kier alpha value is -2.48. The Morgan fingerprint density at radius 2 is 2.04 bits per heavy atom. The van der Waals surface area contributed by atoms with E-state index < -0.39 is 5.92 Å². The normalized spacial score (nSPS) is 16.2. The number of methoxy groups -OCH3 is 2. The van der Waals surface area contributed by atoms with Crippen molar-refractivity contribution in [3.8, 4) is 11.5 Å².